The number of hydrogen-bond donors (Lipinski definition) is 10. The summed E-state index contributed by atoms with van der Waals surface area (Å²) < 4.78 is 9.71. The number of alkyl carbamates (subject to hydrolysis) is 1. The van der Waals surface area contributed by atoms with Crippen molar-refractivity contribution >= 4 is 29.8 Å². The molecule has 5 atom stereocenters. The fourth-order valence-electron chi connectivity index (χ4n) is 4.35. The first-order valence-electron chi connectivity index (χ1n) is 14.4. The minimum atomic E-state index is -1.71. The van der Waals surface area contributed by atoms with Gasteiger partial charge < -0.3 is 63.1 Å². The van der Waals surface area contributed by atoms with Gasteiger partial charge in [0.25, 0.3) is 0 Å². The monoisotopic (exact) mass is 638 g/mol. The summed E-state index contributed by atoms with van der Waals surface area (Å²) in [7, 11) is 0. The van der Waals surface area contributed by atoms with Crippen LogP contribution < -0.4 is 33.2 Å². The van der Waals surface area contributed by atoms with Gasteiger partial charge in [0.15, 0.2) is 6.10 Å². The largest absolute Gasteiger partial charge is 0.508 e. The maximum absolute atomic E-state index is 13.4. The Morgan fingerprint density at radius 1 is 0.867 bits per heavy atom. The molecular formula is C28H42N6O11. The number of aliphatic hydroxyl groups is 3. The molecule has 1 aliphatic heterocycles. The Morgan fingerprint density at radius 3 is 1.91 bits per heavy atom. The molecule has 17 heteroatoms. The van der Waals surface area contributed by atoms with Crippen LogP contribution in [0, 0.1) is 0 Å². The summed E-state index contributed by atoms with van der Waals surface area (Å²) in [5.41, 5.74) is 17.3. The lowest BCUT2D eigenvalue weighted by molar-refractivity contribution is -0.147. The van der Waals surface area contributed by atoms with Crippen molar-refractivity contribution in [2.45, 2.75) is 75.3 Å². The van der Waals surface area contributed by atoms with Crippen molar-refractivity contribution < 1.29 is 53.9 Å². The van der Waals surface area contributed by atoms with Gasteiger partial charge in [-0.2, -0.15) is 0 Å². The first kappa shape index (κ1) is 36.7. The Morgan fingerprint density at radius 2 is 1.40 bits per heavy atom. The number of nitrogens with one attached hydrogen (secondary N) is 3. The Labute approximate surface area is 259 Å². The number of aromatic hydroxyl groups is 1. The molecule has 0 bridgehead atoms. The van der Waals surface area contributed by atoms with Gasteiger partial charge in [0.1, 0.15) is 30.0 Å². The zero-order valence-corrected chi connectivity index (χ0v) is 24.6. The van der Waals surface area contributed by atoms with Gasteiger partial charge in [-0.05, 0) is 69.3 Å². The number of cyclic esters (lactones) is 1. The van der Waals surface area contributed by atoms with E-state index in [1.807, 2.05) is 0 Å². The van der Waals surface area contributed by atoms with Crippen LogP contribution in [0.4, 0.5) is 4.79 Å². The number of rotatable bonds is 19. The van der Waals surface area contributed by atoms with E-state index >= 15 is 0 Å². The lowest BCUT2D eigenvalue weighted by Crippen LogP contribution is -2.56. The summed E-state index contributed by atoms with van der Waals surface area (Å²) in [4.78, 5) is 63.3. The van der Waals surface area contributed by atoms with Crippen LogP contribution in [0.3, 0.4) is 0 Å². The Hall–Kier alpha value is -4.45. The van der Waals surface area contributed by atoms with Crippen LogP contribution in [0.1, 0.15) is 44.1 Å². The van der Waals surface area contributed by atoms with Gasteiger partial charge in [0.05, 0.1) is 6.61 Å². The number of phenols is 1. The fourth-order valence-corrected chi connectivity index (χ4v) is 4.35. The van der Waals surface area contributed by atoms with Crippen LogP contribution in [-0.2, 0) is 35.1 Å². The van der Waals surface area contributed by atoms with Gasteiger partial charge in [-0.25, -0.2) is 9.59 Å². The standard InChI is InChI=1S/C28H42N6O11/c29-11-3-1-5-17(25(40)33-19(24(31)39)13-15-7-9-16(36)10-8-15)32-26(41)18(6-2-4-12-30)34-28(43)45-23-21(38)27(42)44-22(23)20(37)14-35/h7-10,17-20,22,35-38H,1-6,11-14,29-30H2,(H2,31,39)(H,32,41)(H,33,40)(H,34,43)/t17-,18-,19-,20?,22?/m0/s1. The average Bonchev–Trinajstić information content (AvgIpc) is 3.28. The average molecular weight is 639 g/mol. The predicted octanol–water partition coefficient (Wildman–Crippen LogP) is -2.21. The molecule has 0 aliphatic carbocycles. The number of carbonyl (C=O) groups is 5. The molecule has 0 saturated heterocycles. The third kappa shape index (κ3) is 11.5. The molecule has 0 aromatic heterocycles. The first-order valence-corrected chi connectivity index (χ1v) is 14.4. The van der Waals surface area contributed by atoms with E-state index in [0.29, 0.717) is 44.3 Å². The predicted molar refractivity (Wildman–Crippen MR) is 157 cm³/mol. The van der Waals surface area contributed by atoms with Gasteiger partial charge in [0.2, 0.25) is 29.2 Å². The van der Waals surface area contributed by atoms with Gasteiger partial charge in [0, 0.05) is 6.42 Å². The van der Waals surface area contributed by atoms with Gasteiger partial charge >= 0.3 is 12.1 Å². The molecule has 0 fully saturated rings. The van der Waals surface area contributed by atoms with Crippen LogP contribution in [0.15, 0.2) is 35.8 Å². The van der Waals surface area contributed by atoms with E-state index in [-0.39, 0.29) is 25.0 Å². The summed E-state index contributed by atoms with van der Waals surface area (Å²) in [6, 6.07) is 2.34. The number of hydrogen-bond acceptors (Lipinski definition) is 13. The van der Waals surface area contributed by atoms with Crippen LogP contribution >= 0.6 is 0 Å². The van der Waals surface area contributed by atoms with Crippen LogP contribution in [0.5, 0.6) is 5.75 Å². The van der Waals surface area contributed by atoms with Crippen LogP contribution in [0.2, 0.25) is 0 Å². The maximum Gasteiger partial charge on any atom is 0.413 e. The van der Waals surface area contributed by atoms with E-state index in [4.69, 9.17) is 26.7 Å². The molecule has 0 saturated carbocycles. The number of primary amides is 1. The van der Waals surface area contributed by atoms with Crippen LogP contribution in [0.25, 0.3) is 0 Å². The molecular weight excluding hydrogens is 596 g/mol. The normalized spacial score (nSPS) is 17.1. The number of carbonyl (C=O) groups excluding carboxylic acids is 5. The SMILES string of the molecule is NCCCC[C@H](NC(=O)OC1=C(O)C(=O)OC1C(O)CO)C(=O)N[C@@H](CCCCN)C(=O)N[C@@H](Cc1ccc(O)cc1)C(N)=O. The van der Waals surface area contributed by atoms with Crippen LogP contribution in [-0.4, -0.2) is 100 Å². The number of nitrogens with two attached hydrogens (primary N) is 3. The first-order chi connectivity index (χ1) is 21.4. The molecule has 2 rings (SSSR count). The summed E-state index contributed by atoms with van der Waals surface area (Å²) in [5, 5.41) is 46.0. The molecule has 2 unspecified atom stereocenters. The smallest absolute Gasteiger partial charge is 0.413 e. The van der Waals surface area contributed by atoms with Gasteiger partial charge in [-0.15, -0.1) is 0 Å². The summed E-state index contributed by atoms with van der Waals surface area (Å²) in [6.07, 6.45) is -2.69. The van der Waals surface area contributed by atoms with E-state index in [1.54, 1.807) is 12.1 Å². The van der Waals surface area contributed by atoms with Crippen molar-refractivity contribution in [3.8, 4) is 5.75 Å². The lowest BCUT2D eigenvalue weighted by atomic mass is 10.0. The summed E-state index contributed by atoms with van der Waals surface area (Å²) in [5.74, 6) is -5.48. The lowest BCUT2D eigenvalue weighted by Gasteiger charge is -2.25. The zero-order chi connectivity index (χ0) is 33.5. The maximum atomic E-state index is 13.4. The molecule has 1 heterocycles. The molecule has 45 heavy (non-hydrogen) atoms. The number of benzene rings is 1. The molecule has 250 valence electrons. The Balaban J connectivity index is 2.20. The number of esters is 1. The van der Waals surface area contributed by atoms with Crippen molar-refractivity contribution in [1.29, 1.82) is 0 Å². The molecule has 1 aromatic carbocycles. The highest BCUT2D eigenvalue weighted by atomic mass is 16.6. The quantitative estimate of drug-likeness (QED) is 0.0568. The second kappa shape index (κ2) is 18.4. The second-order valence-corrected chi connectivity index (χ2v) is 10.3. The molecule has 1 aliphatic rings. The van der Waals surface area contributed by atoms with E-state index in [1.165, 1.54) is 12.1 Å². The highest BCUT2D eigenvalue weighted by Crippen LogP contribution is 2.25. The molecule has 1 aromatic rings. The third-order valence-electron chi connectivity index (χ3n) is 6.83. The number of phenolic OH excluding ortho intramolecular Hbond substituents is 1. The number of amides is 4. The minimum absolute atomic E-state index is 0.0146. The van der Waals surface area contributed by atoms with E-state index in [9.17, 15) is 44.4 Å². The van der Waals surface area contributed by atoms with Gasteiger partial charge in [-0.3, -0.25) is 14.4 Å². The minimum Gasteiger partial charge on any atom is -0.508 e. The van der Waals surface area contributed by atoms with E-state index in [2.05, 4.69) is 16.0 Å². The molecule has 0 spiro atoms. The molecule has 4 amide bonds. The van der Waals surface area contributed by atoms with Crippen molar-refractivity contribution in [2.75, 3.05) is 19.7 Å². The topological polar surface area (TPSA) is 299 Å². The number of unbranched alkanes of at least 4 members (excludes halogenated alkanes) is 2. The Kier molecular flexibility index (Phi) is 15.0. The third-order valence-corrected chi connectivity index (χ3v) is 6.83. The van der Waals surface area contributed by atoms with Crippen molar-refractivity contribution in [1.82, 2.24) is 16.0 Å². The Bertz CT molecular complexity index is 1210. The zero-order valence-electron chi connectivity index (χ0n) is 24.6. The second-order valence-electron chi connectivity index (χ2n) is 10.3. The van der Waals surface area contributed by atoms with Crippen molar-refractivity contribution in [3.63, 3.8) is 0 Å². The highest BCUT2D eigenvalue weighted by molar-refractivity contribution is 5.94. The summed E-state index contributed by atoms with van der Waals surface area (Å²) >= 11 is 0. The van der Waals surface area contributed by atoms with E-state index in [0.717, 1.165) is 0 Å². The van der Waals surface area contributed by atoms with Crippen molar-refractivity contribution in [2.24, 2.45) is 17.2 Å². The molecule has 13 N–H and O–H groups in total. The number of ether oxygens (including phenoxy) is 2. The molecule has 17 nitrogen and oxygen atoms in total. The summed E-state index contributed by atoms with van der Waals surface area (Å²) in [6.45, 7) is -0.272. The van der Waals surface area contributed by atoms with Crippen molar-refractivity contribution in [3.05, 3.63) is 41.3 Å². The number of aliphatic hydroxyl groups excluding tert-OH is 3. The van der Waals surface area contributed by atoms with Gasteiger partial charge in [-0.1, -0.05) is 12.1 Å². The highest BCUT2D eigenvalue weighted by Gasteiger charge is 2.42. The van der Waals surface area contributed by atoms with E-state index < -0.39 is 78.2 Å². The fraction of sp³-hybridized carbons (Fsp3) is 0.536. The molecule has 0 radical (unpaired) electrons.